The van der Waals surface area contributed by atoms with E-state index in [1.807, 2.05) is 12.1 Å². The summed E-state index contributed by atoms with van der Waals surface area (Å²) in [5.41, 5.74) is 0.665. The first-order valence-electron chi connectivity index (χ1n) is 8.25. The summed E-state index contributed by atoms with van der Waals surface area (Å²) in [7, 11) is 0. The Hall–Kier alpha value is -3.16. The Morgan fingerprint density at radius 3 is 2.92 bits per heavy atom. The Bertz CT molecular complexity index is 893. The van der Waals surface area contributed by atoms with E-state index >= 15 is 0 Å². The number of rotatable bonds is 5. The Morgan fingerprint density at radius 2 is 2.12 bits per heavy atom. The summed E-state index contributed by atoms with van der Waals surface area (Å²) < 4.78 is 6.83. The lowest BCUT2D eigenvalue weighted by atomic mass is 10.4. The molecule has 1 N–H and O–H groups in total. The molecule has 3 aromatic heterocycles. The predicted octanol–water partition coefficient (Wildman–Crippen LogP) is 1.65. The van der Waals surface area contributed by atoms with Crippen LogP contribution in [0.2, 0.25) is 0 Å². The molecule has 0 atom stereocenters. The van der Waals surface area contributed by atoms with Crippen LogP contribution in [0.15, 0.2) is 41.0 Å². The van der Waals surface area contributed by atoms with E-state index in [0.717, 1.165) is 18.9 Å². The van der Waals surface area contributed by atoms with Crippen LogP contribution in [0.5, 0.6) is 0 Å². The molecule has 8 nitrogen and oxygen atoms in total. The fourth-order valence-electron chi connectivity index (χ4n) is 2.82. The molecule has 8 heteroatoms. The van der Waals surface area contributed by atoms with Gasteiger partial charge in [0.05, 0.1) is 12.8 Å². The van der Waals surface area contributed by atoms with Crippen molar-refractivity contribution in [2.24, 2.45) is 0 Å². The number of anilines is 1. The molecular formula is C17H18N6O2. The van der Waals surface area contributed by atoms with Crippen LogP contribution in [-0.4, -0.2) is 38.8 Å². The largest absolute Gasteiger partial charge is 0.465 e. The van der Waals surface area contributed by atoms with Crippen molar-refractivity contribution in [1.82, 2.24) is 25.1 Å². The van der Waals surface area contributed by atoms with Crippen LogP contribution in [-0.2, 0) is 11.3 Å². The van der Waals surface area contributed by atoms with Crippen molar-refractivity contribution in [1.29, 1.82) is 0 Å². The van der Waals surface area contributed by atoms with E-state index in [4.69, 9.17) is 4.42 Å². The van der Waals surface area contributed by atoms with Crippen LogP contribution < -0.4 is 10.2 Å². The number of amides is 1. The van der Waals surface area contributed by atoms with Gasteiger partial charge in [-0.1, -0.05) is 0 Å². The fourth-order valence-corrected chi connectivity index (χ4v) is 2.82. The highest BCUT2D eigenvalue weighted by Gasteiger charge is 2.15. The number of fused-ring (bicyclic) bond motifs is 1. The van der Waals surface area contributed by atoms with Gasteiger partial charge in [-0.05, 0) is 43.2 Å². The fraction of sp³-hybridized carbons (Fsp3) is 0.294. The van der Waals surface area contributed by atoms with Crippen molar-refractivity contribution < 1.29 is 9.21 Å². The Balaban J connectivity index is 1.45. The van der Waals surface area contributed by atoms with Gasteiger partial charge in [-0.2, -0.15) is 4.52 Å². The highest BCUT2D eigenvalue weighted by molar-refractivity contribution is 5.91. The molecule has 0 bridgehead atoms. The van der Waals surface area contributed by atoms with E-state index in [2.05, 4.69) is 25.5 Å². The molecule has 4 heterocycles. The normalized spacial score (nSPS) is 14.6. The Kier molecular flexibility index (Phi) is 4.16. The highest BCUT2D eigenvalue weighted by Crippen LogP contribution is 2.17. The third-order valence-corrected chi connectivity index (χ3v) is 4.11. The van der Waals surface area contributed by atoms with Gasteiger partial charge in [-0.25, -0.2) is 0 Å². The molecule has 3 aromatic rings. The Morgan fingerprint density at radius 1 is 1.24 bits per heavy atom. The monoisotopic (exact) mass is 338 g/mol. The molecular weight excluding hydrogens is 320 g/mol. The van der Waals surface area contributed by atoms with Crippen LogP contribution in [0.1, 0.15) is 24.4 Å². The summed E-state index contributed by atoms with van der Waals surface area (Å²) in [6.07, 6.45) is 6.97. The van der Waals surface area contributed by atoms with Crippen LogP contribution in [0.4, 0.5) is 5.82 Å². The molecule has 0 aromatic carbocycles. The van der Waals surface area contributed by atoms with Gasteiger partial charge < -0.3 is 14.6 Å². The minimum atomic E-state index is -0.233. The molecule has 0 spiro atoms. The topological polar surface area (TPSA) is 88.6 Å². The summed E-state index contributed by atoms with van der Waals surface area (Å²) in [4.78, 5) is 14.2. The molecule has 1 saturated heterocycles. The summed E-state index contributed by atoms with van der Waals surface area (Å²) in [6, 6.07) is 7.41. The quantitative estimate of drug-likeness (QED) is 0.712. The van der Waals surface area contributed by atoms with Crippen LogP contribution in [0, 0.1) is 0 Å². The van der Waals surface area contributed by atoms with Gasteiger partial charge in [0.2, 0.25) is 5.91 Å². The van der Waals surface area contributed by atoms with E-state index in [0.29, 0.717) is 17.2 Å². The van der Waals surface area contributed by atoms with Gasteiger partial charge >= 0.3 is 0 Å². The molecule has 1 amide bonds. The molecule has 25 heavy (non-hydrogen) atoms. The van der Waals surface area contributed by atoms with E-state index in [1.54, 1.807) is 29.0 Å². The molecule has 1 aliphatic heterocycles. The first-order chi connectivity index (χ1) is 12.3. The minimum Gasteiger partial charge on any atom is -0.465 e. The zero-order chi connectivity index (χ0) is 17.1. The first kappa shape index (κ1) is 15.4. The standard InChI is InChI=1S/C17H18N6O2/c24-17(8-5-13-4-3-11-25-13)18-12-16-20-19-14-6-7-15(21-23(14)16)22-9-1-2-10-22/h3-8,11H,1-2,9-10,12H2,(H,18,24). The van der Waals surface area contributed by atoms with Gasteiger partial charge in [0.25, 0.3) is 0 Å². The number of aromatic nitrogens is 4. The second-order valence-corrected chi connectivity index (χ2v) is 5.84. The van der Waals surface area contributed by atoms with Crippen molar-refractivity contribution in [3.05, 3.63) is 48.2 Å². The summed E-state index contributed by atoms with van der Waals surface area (Å²) >= 11 is 0. The zero-order valence-corrected chi connectivity index (χ0v) is 13.6. The maximum absolute atomic E-state index is 11.9. The number of nitrogens with zero attached hydrogens (tertiary/aromatic N) is 5. The number of hydrogen-bond acceptors (Lipinski definition) is 6. The molecule has 128 valence electrons. The lowest BCUT2D eigenvalue weighted by Gasteiger charge is -2.15. The van der Waals surface area contributed by atoms with Crippen LogP contribution >= 0.6 is 0 Å². The van der Waals surface area contributed by atoms with Gasteiger partial charge in [0, 0.05) is 19.2 Å². The summed E-state index contributed by atoms with van der Waals surface area (Å²) in [5, 5.41) is 15.6. The average Bonchev–Trinajstić information content (AvgIpc) is 3.39. The molecule has 4 rings (SSSR count). The Labute approximate surface area is 144 Å². The average molecular weight is 338 g/mol. The van der Waals surface area contributed by atoms with Gasteiger partial charge in [-0.3, -0.25) is 4.79 Å². The smallest absolute Gasteiger partial charge is 0.244 e. The van der Waals surface area contributed by atoms with Crippen molar-refractivity contribution in [2.45, 2.75) is 19.4 Å². The van der Waals surface area contributed by atoms with E-state index in [9.17, 15) is 4.79 Å². The molecule has 1 fully saturated rings. The molecule has 0 unspecified atom stereocenters. The number of carbonyl (C=O) groups is 1. The summed E-state index contributed by atoms with van der Waals surface area (Å²) in [5.74, 6) is 1.90. The summed E-state index contributed by atoms with van der Waals surface area (Å²) in [6.45, 7) is 2.29. The third kappa shape index (κ3) is 3.37. The van der Waals surface area contributed by atoms with Crippen LogP contribution in [0.25, 0.3) is 11.7 Å². The second kappa shape index (κ2) is 6.76. The van der Waals surface area contributed by atoms with Gasteiger partial charge in [0.15, 0.2) is 11.5 Å². The van der Waals surface area contributed by atoms with E-state index in [-0.39, 0.29) is 12.5 Å². The van der Waals surface area contributed by atoms with Gasteiger partial charge in [0.1, 0.15) is 11.6 Å². The SMILES string of the molecule is O=C(C=Cc1ccco1)NCc1nnc2ccc(N3CCCC3)nn12. The highest BCUT2D eigenvalue weighted by atomic mass is 16.3. The molecule has 0 aliphatic carbocycles. The zero-order valence-electron chi connectivity index (χ0n) is 13.6. The van der Waals surface area contributed by atoms with Crippen molar-refractivity contribution in [2.75, 3.05) is 18.0 Å². The first-order valence-corrected chi connectivity index (χ1v) is 8.25. The van der Waals surface area contributed by atoms with Crippen molar-refractivity contribution in [3.8, 4) is 0 Å². The lowest BCUT2D eigenvalue weighted by Crippen LogP contribution is -2.23. The number of carbonyl (C=O) groups excluding carboxylic acids is 1. The van der Waals surface area contributed by atoms with E-state index in [1.165, 1.54) is 18.9 Å². The number of nitrogens with one attached hydrogen (secondary N) is 1. The predicted molar refractivity (Wildman–Crippen MR) is 91.8 cm³/mol. The lowest BCUT2D eigenvalue weighted by molar-refractivity contribution is -0.116. The van der Waals surface area contributed by atoms with Crippen molar-refractivity contribution >= 4 is 23.4 Å². The van der Waals surface area contributed by atoms with Gasteiger partial charge in [-0.15, -0.1) is 15.3 Å². The van der Waals surface area contributed by atoms with Crippen molar-refractivity contribution in [3.63, 3.8) is 0 Å². The minimum absolute atomic E-state index is 0.233. The van der Waals surface area contributed by atoms with E-state index < -0.39 is 0 Å². The maximum atomic E-state index is 11.9. The second-order valence-electron chi connectivity index (χ2n) is 5.84. The molecule has 0 radical (unpaired) electrons. The molecule has 0 saturated carbocycles. The van der Waals surface area contributed by atoms with Crippen LogP contribution in [0.3, 0.4) is 0 Å². The third-order valence-electron chi connectivity index (χ3n) is 4.11. The maximum Gasteiger partial charge on any atom is 0.244 e. The number of furan rings is 1. The molecule has 1 aliphatic rings. The number of hydrogen-bond donors (Lipinski definition) is 1.